The molecule has 2 aromatic carbocycles. The Labute approximate surface area is 173 Å². The molecule has 1 N–H and O–H groups in total. The number of aryl methyl sites for hydroxylation is 1. The van der Waals surface area contributed by atoms with Gasteiger partial charge in [0, 0.05) is 25.2 Å². The number of piperidine rings is 1. The van der Waals surface area contributed by atoms with Gasteiger partial charge in [-0.25, -0.2) is 0 Å². The van der Waals surface area contributed by atoms with Crippen LogP contribution < -0.4 is 10.1 Å². The SMILES string of the molecule is Cn1ccc(COc2ccc(-c3cccc(C4CCC(=O)NC4=O)c3Cl)cc2)n1. The number of carbonyl (C=O) groups excluding carboxylic acids is 2. The number of aromatic nitrogens is 2. The van der Waals surface area contributed by atoms with Gasteiger partial charge in [-0.05, 0) is 35.7 Å². The first-order valence-electron chi connectivity index (χ1n) is 9.35. The van der Waals surface area contributed by atoms with Gasteiger partial charge in [-0.2, -0.15) is 5.10 Å². The molecule has 1 atom stereocenters. The van der Waals surface area contributed by atoms with E-state index in [9.17, 15) is 9.59 Å². The van der Waals surface area contributed by atoms with Crippen LogP contribution in [0.3, 0.4) is 0 Å². The van der Waals surface area contributed by atoms with Crippen molar-refractivity contribution in [1.82, 2.24) is 15.1 Å². The second-order valence-corrected chi connectivity index (χ2v) is 7.38. The van der Waals surface area contributed by atoms with Crippen molar-refractivity contribution in [2.24, 2.45) is 7.05 Å². The highest BCUT2D eigenvalue weighted by Crippen LogP contribution is 2.37. The molecule has 2 heterocycles. The molecule has 1 unspecified atom stereocenters. The van der Waals surface area contributed by atoms with Gasteiger partial charge in [0.1, 0.15) is 12.4 Å². The van der Waals surface area contributed by atoms with Gasteiger partial charge in [0.2, 0.25) is 11.8 Å². The zero-order valence-electron chi connectivity index (χ0n) is 15.9. The van der Waals surface area contributed by atoms with Crippen LogP contribution in [0, 0.1) is 0 Å². The number of nitrogens with one attached hydrogen (secondary N) is 1. The van der Waals surface area contributed by atoms with E-state index < -0.39 is 5.92 Å². The lowest BCUT2D eigenvalue weighted by atomic mass is 9.88. The third kappa shape index (κ3) is 4.17. The first kappa shape index (κ1) is 19.2. The molecular formula is C22H20ClN3O3. The van der Waals surface area contributed by atoms with Crippen LogP contribution >= 0.6 is 11.6 Å². The molecule has 0 saturated carbocycles. The number of amides is 2. The summed E-state index contributed by atoms with van der Waals surface area (Å²) < 4.78 is 7.51. The Balaban J connectivity index is 1.52. The highest BCUT2D eigenvalue weighted by molar-refractivity contribution is 6.34. The van der Waals surface area contributed by atoms with Gasteiger partial charge < -0.3 is 4.74 Å². The summed E-state index contributed by atoms with van der Waals surface area (Å²) in [6.07, 6.45) is 2.66. The summed E-state index contributed by atoms with van der Waals surface area (Å²) in [5.74, 6) is -0.212. The zero-order valence-corrected chi connectivity index (χ0v) is 16.6. The molecule has 148 valence electrons. The fourth-order valence-corrected chi connectivity index (χ4v) is 3.83. The van der Waals surface area contributed by atoms with Crippen molar-refractivity contribution in [2.75, 3.05) is 0 Å². The third-order valence-corrected chi connectivity index (χ3v) is 5.39. The van der Waals surface area contributed by atoms with E-state index in [0.29, 0.717) is 24.5 Å². The lowest BCUT2D eigenvalue weighted by molar-refractivity contribution is -0.134. The molecule has 7 heteroatoms. The molecule has 4 rings (SSSR count). The average Bonchev–Trinajstić information content (AvgIpc) is 3.13. The Morgan fingerprint density at radius 3 is 2.66 bits per heavy atom. The van der Waals surface area contributed by atoms with Crippen molar-refractivity contribution in [3.8, 4) is 16.9 Å². The summed E-state index contributed by atoms with van der Waals surface area (Å²) in [7, 11) is 1.87. The molecule has 2 amide bonds. The van der Waals surface area contributed by atoms with E-state index in [4.69, 9.17) is 16.3 Å². The van der Waals surface area contributed by atoms with Crippen LogP contribution in [0.5, 0.6) is 5.75 Å². The van der Waals surface area contributed by atoms with E-state index in [2.05, 4.69) is 10.4 Å². The quantitative estimate of drug-likeness (QED) is 0.650. The van der Waals surface area contributed by atoms with Crippen LogP contribution in [0.25, 0.3) is 11.1 Å². The molecule has 6 nitrogen and oxygen atoms in total. The van der Waals surface area contributed by atoms with E-state index in [-0.39, 0.29) is 11.8 Å². The minimum absolute atomic E-state index is 0.236. The molecule has 1 saturated heterocycles. The average molecular weight is 410 g/mol. The van der Waals surface area contributed by atoms with E-state index in [0.717, 1.165) is 28.1 Å². The largest absolute Gasteiger partial charge is 0.487 e. The molecule has 0 spiro atoms. The molecule has 1 fully saturated rings. The summed E-state index contributed by atoms with van der Waals surface area (Å²) in [6.45, 7) is 0.395. The topological polar surface area (TPSA) is 73.2 Å². The van der Waals surface area contributed by atoms with Crippen LogP contribution in [-0.4, -0.2) is 21.6 Å². The number of hydrogen-bond donors (Lipinski definition) is 1. The van der Waals surface area contributed by atoms with E-state index in [1.807, 2.05) is 61.8 Å². The smallest absolute Gasteiger partial charge is 0.234 e. The fourth-order valence-electron chi connectivity index (χ4n) is 3.46. The van der Waals surface area contributed by atoms with Crippen molar-refractivity contribution in [2.45, 2.75) is 25.4 Å². The van der Waals surface area contributed by atoms with Gasteiger partial charge in [-0.3, -0.25) is 19.6 Å². The highest BCUT2D eigenvalue weighted by Gasteiger charge is 2.30. The molecule has 1 aromatic heterocycles. The zero-order chi connectivity index (χ0) is 20.4. The summed E-state index contributed by atoms with van der Waals surface area (Å²) in [6, 6.07) is 15.2. The molecule has 1 aliphatic heterocycles. The molecule has 29 heavy (non-hydrogen) atoms. The summed E-state index contributed by atoms with van der Waals surface area (Å²) in [4.78, 5) is 23.6. The van der Waals surface area contributed by atoms with Crippen LogP contribution in [0.15, 0.2) is 54.7 Å². The maximum Gasteiger partial charge on any atom is 0.234 e. The van der Waals surface area contributed by atoms with Crippen molar-refractivity contribution < 1.29 is 14.3 Å². The normalized spacial score (nSPS) is 16.6. The predicted molar refractivity (Wildman–Crippen MR) is 110 cm³/mol. The minimum Gasteiger partial charge on any atom is -0.487 e. The molecule has 1 aliphatic rings. The van der Waals surface area contributed by atoms with Gasteiger partial charge >= 0.3 is 0 Å². The maximum absolute atomic E-state index is 12.2. The lowest BCUT2D eigenvalue weighted by Crippen LogP contribution is -2.39. The van der Waals surface area contributed by atoms with Gasteiger partial charge in [0.05, 0.1) is 16.6 Å². The number of hydrogen-bond acceptors (Lipinski definition) is 4. The summed E-state index contributed by atoms with van der Waals surface area (Å²) in [5.41, 5.74) is 3.36. The van der Waals surface area contributed by atoms with Crippen LogP contribution in [0.4, 0.5) is 0 Å². The third-order valence-electron chi connectivity index (χ3n) is 4.96. The summed E-state index contributed by atoms with van der Waals surface area (Å²) in [5, 5.41) is 7.21. The second kappa shape index (κ2) is 8.09. The van der Waals surface area contributed by atoms with Crippen molar-refractivity contribution in [1.29, 1.82) is 0 Å². The van der Waals surface area contributed by atoms with E-state index in [1.54, 1.807) is 4.68 Å². The number of imide groups is 1. The molecule has 0 aliphatic carbocycles. The van der Waals surface area contributed by atoms with Gasteiger partial charge in [-0.1, -0.05) is 41.9 Å². The first-order valence-corrected chi connectivity index (χ1v) is 9.73. The summed E-state index contributed by atoms with van der Waals surface area (Å²) >= 11 is 6.65. The minimum atomic E-state index is -0.416. The fraction of sp³-hybridized carbons (Fsp3) is 0.227. The number of nitrogens with zero attached hydrogens (tertiary/aromatic N) is 2. The molecule has 0 radical (unpaired) electrons. The number of ether oxygens (including phenoxy) is 1. The molecular weight excluding hydrogens is 390 g/mol. The van der Waals surface area contributed by atoms with Crippen LogP contribution in [-0.2, 0) is 23.2 Å². The Kier molecular flexibility index (Phi) is 5.36. The Hall–Kier alpha value is -3.12. The number of carbonyl (C=O) groups is 2. The van der Waals surface area contributed by atoms with Crippen molar-refractivity contribution in [3.05, 3.63) is 71.0 Å². The van der Waals surface area contributed by atoms with E-state index >= 15 is 0 Å². The number of benzene rings is 2. The first-order chi connectivity index (χ1) is 14.0. The van der Waals surface area contributed by atoms with Gasteiger partial charge in [-0.15, -0.1) is 0 Å². The molecule has 3 aromatic rings. The Morgan fingerprint density at radius 1 is 1.17 bits per heavy atom. The Morgan fingerprint density at radius 2 is 1.97 bits per heavy atom. The predicted octanol–water partition coefficient (Wildman–Crippen LogP) is 3.84. The van der Waals surface area contributed by atoms with Crippen LogP contribution in [0.2, 0.25) is 5.02 Å². The molecule has 0 bridgehead atoms. The van der Waals surface area contributed by atoms with Crippen LogP contribution in [0.1, 0.15) is 30.0 Å². The van der Waals surface area contributed by atoms with Crippen molar-refractivity contribution >= 4 is 23.4 Å². The maximum atomic E-state index is 12.2. The second-order valence-electron chi connectivity index (χ2n) is 7.01. The lowest BCUT2D eigenvalue weighted by Gasteiger charge is -2.23. The Bertz CT molecular complexity index is 1060. The number of rotatable bonds is 5. The standard InChI is InChI=1S/C22H20ClN3O3/c1-26-12-11-15(25-26)13-29-16-7-5-14(6-8-16)17-3-2-4-18(21(17)23)19-9-10-20(27)24-22(19)28/h2-8,11-12,19H,9-10,13H2,1H3,(H,24,27,28). The van der Waals surface area contributed by atoms with Gasteiger partial charge in [0.15, 0.2) is 0 Å². The van der Waals surface area contributed by atoms with Crippen molar-refractivity contribution in [3.63, 3.8) is 0 Å². The monoisotopic (exact) mass is 409 g/mol. The van der Waals surface area contributed by atoms with Gasteiger partial charge in [0.25, 0.3) is 0 Å². The van der Waals surface area contributed by atoms with E-state index in [1.165, 1.54) is 0 Å². The number of halogens is 1. The highest BCUT2D eigenvalue weighted by atomic mass is 35.5.